The highest BCUT2D eigenvalue weighted by atomic mass is 79.9. The highest BCUT2D eigenvalue weighted by Crippen LogP contribution is 2.26. The van der Waals surface area contributed by atoms with Gasteiger partial charge in [-0.15, -0.1) is 0 Å². The van der Waals surface area contributed by atoms with Crippen LogP contribution >= 0.6 is 27.5 Å². The Morgan fingerprint density at radius 2 is 2.25 bits per heavy atom. The van der Waals surface area contributed by atoms with E-state index in [2.05, 4.69) is 27.2 Å². The molecule has 1 rings (SSSR count). The van der Waals surface area contributed by atoms with Crippen molar-refractivity contribution in [2.75, 3.05) is 13.7 Å². The number of carbonyl (C=O) groups excluding carboxylic acids is 1. The minimum atomic E-state index is -0.432. The molecular formula is C11H10BrClO3. The van der Waals surface area contributed by atoms with Gasteiger partial charge in [0.2, 0.25) is 0 Å². The lowest BCUT2D eigenvalue weighted by atomic mass is 10.2. The third-order valence-electron chi connectivity index (χ3n) is 1.74. The minimum absolute atomic E-state index is 0.317. The summed E-state index contributed by atoms with van der Waals surface area (Å²) in [5, 5.41) is 0.358. The summed E-state index contributed by atoms with van der Waals surface area (Å²) < 4.78 is 10.6. The number of ether oxygens (including phenoxy) is 2. The number of benzene rings is 1. The monoisotopic (exact) mass is 304 g/mol. The molecule has 0 saturated carbocycles. The van der Waals surface area contributed by atoms with E-state index in [1.54, 1.807) is 12.1 Å². The van der Waals surface area contributed by atoms with Gasteiger partial charge in [-0.25, -0.2) is 4.79 Å². The van der Waals surface area contributed by atoms with Crippen LogP contribution in [0.4, 0.5) is 0 Å². The Morgan fingerprint density at radius 3 is 2.75 bits per heavy atom. The summed E-state index contributed by atoms with van der Waals surface area (Å²) in [6.07, 6.45) is 0. The maximum Gasteiger partial charge on any atom is 0.337 e. The average Bonchev–Trinajstić information content (AvgIpc) is 2.26. The lowest BCUT2D eigenvalue weighted by Crippen LogP contribution is -2.02. The van der Waals surface area contributed by atoms with Gasteiger partial charge in [0.1, 0.15) is 12.4 Å². The molecule has 0 heterocycles. The Labute approximate surface area is 107 Å². The Bertz CT molecular complexity index is 418. The first-order chi connectivity index (χ1) is 7.54. The number of methoxy groups -OCH3 is 1. The summed E-state index contributed by atoms with van der Waals surface area (Å²) in [5.41, 5.74) is 0.387. The number of carbonyl (C=O) groups is 1. The fraction of sp³-hybridized carbons (Fsp3) is 0.182. The van der Waals surface area contributed by atoms with Gasteiger partial charge in [-0.2, -0.15) is 0 Å². The summed E-state index contributed by atoms with van der Waals surface area (Å²) in [6, 6.07) is 4.70. The largest absolute Gasteiger partial charge is 0.487 e. The van der Waals surface area contributed by atoms with Gasteiger partial charge in [0.15, 0.2) is 0 Å². The van der Waals surface area contributed by atoms with Crippen LogP contribution in [0.15, 0.2) is 29.3 Å². The summed E-state index contributed by atoms with van der Waals surface area (Å²) in [6.45, 7) is 3.95. The molecule has 3 nitrogen and oxygen atoms in total. The summed E-state index contributed by atoms with van der Waals surface area (Å²) in [7, 11) is 1.31. The van der Waals surface area contributed by atoms with Gasteiger partial charge in [-0.05, 0) is 18.2 Å². The molecule has 0 bridgehead atoms. The molecular weight excluding hydrogens is 295 g/mol. The molecule has 0 aliphatic heterocycles. The van der Waals surface area contributed by atoms with Gasteiger partial charge in [-0.1, -0.05) is 34.1 Å². The molecule has 0 unspecified atom stereocenters. The maximum atomic E-state index is 11.2. The molecule has 0 radical (unpaired) electrons. The third-order valence-corrected chi connectivity index (χ3v) is 2.26. The first-order valence-electron chi connectivity index (χ1n) is 4.38. The van der Waals surface area contributed by atoms with Crippen LogP contribution in [0.3, 0.4) is 0 Å². The predicted octanol–water partition coefficient (Wildman–Crippen LogP) is 3.41. The molecule has 0 aromatic heterocycles. The second-order valence-electron chi connectivity index (χ2n) is 2.94. The predicted molar refractivity (Wildman–Crippen MR) is 66.4 cm³/mol. The molecule has 5 heteroatoms. The van der Waals surface area contributed by atoms with Crippen LogP contribution in [0.5, 0.6) is 5.75 Å². The van der Waals surface area contributed by atoms with Crippen molar-refractivity contribution in [3.63, 3.8) is 0 Å². The smallest absolute Gasteiger partial charge is 0.337 e. The summed E-state index contributed by atoms with van der Waals surface area (Å²) >= 11 is 9.10. The average molecular weight is 306 g/mol. The quantitative estimate of drug-likeness (QED) is 0.800. The van der Waals surface area contributed by atoms with Crippen LogP contribution < -0.4 is 4.74 Å². The number of hydrogen-bond donors (Lipinski definition) is 0. The van der Waals surface area contributed by atoms with E-state index in [0.29, 0.717) is 27.4 Å². The molecule has 0 fully saturated rings. The summed E-state index contributed by atoms with van der Waals surface area (Å²) in [4.78, 5) is 11.2. The molecule has 1 aromatic carbocycles. The molecule has 0 spiro atoms. The van der Waals surface area contributed by atoms with Crippen molar-refractivity contribution in [2.45, 2.75) is 0 Å². The van der Waals surface area contributed by atoms with Gasteiger partial charge in [0, 0.05) is 4.48 Å². The van der Waals surface area contributed by atoms with Crippen molar-refractivity contribution in [3.05, 3.63) is 39.8 Å². The Balaban J connectivity index is 2.83. The molecule has 16 heavy (non-hydrogen) atoms. The fourth-order valence-corrected chi connectivity index (χ4v) is 1.37. The van der Waals surface area contributed by atoms with Gasteiger partial charge in [-0.3, -0.25) is 0 Å². The van der Waals surface area contributed by atoms with Crippen molar-refractivity contribution < 1.29 is 14.3 Å². The topological polar surface area (TPSA) is 35.5 Å². The highest BCUT2D eigenvalue weighted by Gasteiger charge is 2.09. The Kier molecular flexibility index (Phi) is 4.83. The van der Waals surface area contributed by atoms with Crippen molar-refractivity contribution in [1.29, 1.82) is 0 Å². The Morgan fingerprint density at radius 1 is 1.56 bits per heavy atom. The molecule has 86 valence electrons. The molecule has 0 amide bonds. The van der Waals surface area contributed by atoms with Crippen LogP contribution in [-0.2, 0) is 4.74 Å². The van der Waals surface area contributed by atoms with Crippen LogP contribution in [0.2, 0.25) is 5.02 Å². The van der Waals surface area contributed by atoms with Crippen molar-refractivity contribution in [1.82, 2.24) is 0 Å². The number of halogens is 2. The van der Waals surface area contributed by atoms with Crippen molar-refractivity contribution >= 4 is 33.5 Å². The zero-order valence-corrected chi connectivity index (χ0v) is 11.0. The van der Waals surface area contributed by atoms with E-state index >= 15 is 0 Å². The second-order valence-corrected chi connectivity index (χ2v) is 4.47. The maximum absolute atomic E-state index is 11.2. The van der Waals surface area contributed by atoms with Gasteiger partial charge >= 0.3 is 5.97 Å². The minimum Gasteiger partial charge on any atom is -0.487 e. The van der Waals surface area contributed by atoms with Gasteiger partial charge < -0.3 is 9.47 Å². The molecule has 0 aliphatic rings. The van der Waals surface area contributed by atoms with E-state index in [1.807, 2.05) is 0 Å². The SMILES string of the molecule is C=C(Br)COc1ccc(C(=O)OC)cc1Cl. The fourth-order valence-electron chi connectivity index (χ4n) is 1.02. The van der Waals surface area contributed by atoms with E-state index in [9.17, 15) is 4.79 Å². The van der Waals surface area contributed by atoms with Crippen LogP contribution in [-0.4, -0.2) is 19.7 Å². The standard InChI is InChI=1S/C11H10BrClO3/c1-7(12)6-16-10-4-3-8(5-9(10)13)11(14)15-2/h3-5H,1,6H2,2H3. The third kappa shape index (κ3) is 3.54. The van der Waals surface area contributed by atoms with Crippen molar-refractivity contribution in [3.8, 4) is 5.75 Å². The van der Waals surface area contributed by atoms with E-state index in [4.69, 9.17) is 16.3 Å². The van der Waals surface area contributed by atoms with E-state index in [-0.39, 0.29) is 0 Å². The normalized spacial score (nSPS) is 9.69. The van der Waals surface area contributed by atoms with Crippen LogP contribution in [0, 0.1) is 0 Å². The first-order valence-corrected chi connectivity index (χ1v) is 5.55. The molecule has 1 aromatic rings. The lowest BCUT2D eigenvalue weighted by Gasteiger charge is -2.08. The van der Waals surface area contributed by atoms with E-state index < -0.39 is 5.97 Å². The second kappa shape index (κ2) is 5.92. The molecule has 0 N–H and O–H groups in total. The number of esters is 1. The zero-order valence-electron chi connectivity index (χ0n) is 8.63. The van der Waals surface area contributed by atoms with E-state index in [1.165, 1.54) is 13.2 Å². The lowest BCUT2D eigenvalue weighted by molar-refractivity contribution is 0.0600. The highest BCUT2D eigenvalue weighted by molar-refractivity contribution is 9.11. The van der Waals surface area contributed by atoms with Gasteiger partial charge in [0.05, 0.1) is 17.7 Å². The van der Waals surface area contributed by atoms with Crippen LogP contribution in [0.25, 0.3) is 0 Å². The molecule has 0 saturated heterocycles. The van der Waals surface area contributed by atoms with E-state index in [0.717, 1.165) is 0 Å². The molecule has 0 aliphatic carbocycles. The number of hydrogen-bond acceptors (Lipinski definition) is 3. The van der Waals surface area contributed by atoms with Crippen LogP contribution in [0.1, 0.15) is 10.4 Å². The van der Waals surface area contributed by atoms with Gasteiger partial charge in [0.25, 0.3) is 0 Å². The first kappa shape index (κ1) is 13.1. The zero-order chi connectivity index (χ0) is 12.1. The number of rotatable bonds is 4. The summed E-state index contributed by atoms with van der Waals surface area (Å²) in [5.74, 6) is 0.0632. The molecule has 0 atom stereocenters. The van der Waals surface area contributed by atoms with Crippen molar-refractivity contribution in [2.24, 2.45) is 0 Å². The Hall–Kier alpha value is -1.00.